The summed E-state index contributed by atoms with van der Waals surface area (Å²) in [6.07, 6.45) is 0. The van der Waals surface area contributed by atoms with Crippen molar-refractivity contribution in [2.24, 2.45) is 0 Å². The van der Waals surface area contributed by atoms with Gasteiger partial charge >= 0.3 is 0 Å². The van der Waals surface area contributed by atoms with Gasteiger partial charge in [0.1, 0.15) is 0 Å². The summed E-state index contributed by atoms with van der Waals surface area (Å²) in [5.74, 6) is 1.93. The van der Waals surface area contributed by atoms with Crippen LogP contribution in [0.1, 0.15) is 22.3 Å². The van der Waals surface area contributed by atoms with Crippen molar-refractivity contribution in [2.45, 2.75) is 25.1 Å². The lowest BCUT2D eigenvalue weighted by atomic mass is 9.70. The van der Waals surface area contributed by atoms with Gasteiger partial charge in [-0.1, -0.05) is 201 Å². The van der Waals surface area contributed by atoms with Crippen LogP contribution in [0.25, 0.3) is 78.7 Å². The van der Waals surface area contributed by atoms with E-state index in [9.17, 15) is 0 Å². The minimum Gasteiger partial charge on any atom is -0.208 e. The van der Waals surface area contributed by atoms with Crippen LogP contribution in [-0.4, -0.2) is 23.0 Å². The third-order valence-electron chi connectivity index (χ3n) is 12.3. The van der Waals surface area contributed by atoms with Gasteiger partial charge in [0.2, 0.25) is 0 Å². The van der Waals surface area contributed by atoms with E-state index >= 15 is 0 Å². The molecule has 1 spiro atoms. The van der Waals surface area contributed by atoms with Gasteiger partial charge in [-0.05, 0) is 85.0 Å². The van der Waals surface area contributed by atoms with Gasteiger partial charge in [0, 0.05) is 16.7 Å². The third-order valence-corrected chi connectivity index (χ3v) is 14.3. The standard InChI is InChI=1S/C55H41N3Si/c1-59(2,3)43-29-31-47-46-30-28-40(34-50(46)55(51(47)35-43)48-26-12-10-24-44(48)45-25-11-13-27-49(45)55)39-21-15-23-42(33-39)54-57-52(37-18-8-5-9-19-37)56-53(58-54)41-22-14-20-38(32-41)36-16-6-4-7-17-36/h4-35H,1-3H3. The Morgan fingerprint density at radius 2 is 0.712 bits per heavy atom. The van der Waals surface area contributed by atoms with Crippen molar-refractivity contribution < 1.29 is 0 Å². The Bertz CT molecular complexity index is 3050. The molecule has 4 heteroatoms. The SMILES string of the molecule is C[Si](C)(C)c1ccc2c(c1)C1(c3ccccc3-c3ccccc31)c1cc(-c3cccc(-c4nc(-c5ccccc5)nc(-c5cccc(-c6ccccc6)c5)n4)c3)ccc1-2. The molecule has 1 aromatic heterocycles. The highest BCUT2D eigenvalue weighted by molar-refractivity contribution is 6.88. The Kier molecular flexibility index (Phi) is 8.07. The van der Waals surface area contributed by atoms with Gasteiger partial charge < -0.3 is 0 Å². The zero-order valence-corrected chi connectivity index (χ0v) is 34.3. The van der Waals surface area contributed by atoms with Crippen LogP contribution in [0.2, 0.25) is 19.6 Å². The Morgan fingerprint density at radius 3 is 1.29 bits per heavy atom. The maximum Gasteiger partial charge on any atom is 0.164 e. The summed E-state index contributed by atoms with van der Waals surface area (Å²) < 4.78 is 0. The lowest BCUT2D eigenvalue weighted by molar-refractivity contribution is 0.795. The van der Waals surface area contributed by atoms with Gasteiger partial charge in [-0.3, -0.25) is 0 Å². The average molecular weight is 772 g/mol. The number of fused-ring (bicyclic) bond motifs is 10. The Balaban J connectivity index is 1.07. The Morgan fingerprint density at radius 1 is 0.305 bits per heavy atom. The minimum atomic E-state index is -1.62. The number of aromatic nitrogens is 3. The molecular formula is C55H41N3Si. The summed E-state index contributed by atoms with van der Waals surface area (Å²) in [5.41, 5.74) is 17.7. The first-order valence-electron chi connectivity index (χ1n) is 20.4. The second kappa shape index (κ2) is 13.5. The summed E-state index contributed by atoms with van der Waals surface area (Å²) in [4.78, 5) is 15.3. The van der Waals surface area contributed by atoms with Crippen molar-refractivity contribution in [3.05, 3.63) is 216 Å². The maximum atomic E-state index is 5.17. The molecule has 2 aliphatic rings. The van der Waals surface area contributed by atoms with Crippen LogP contribution in [0.5, 0.6) is 0 Å². The first-order valence-corrected chi connectivity index (χ1v) is 23.9. The molecule has 11 rings (SSSR count). The molecule has 1 heterocycles. The molecule has 2 aliphatic carbocycles. The maximum absolute atomic E-state index is 5.17. The highest BCUT2D eigenvalue weighted by Crippen LogP contribution is 2.63. The second-order valence-corrected chi connectivity index (χ2v) is 21.9. The number of rotatable bonds is 6. The molecule has 0 saturated heterocycles. The summed E-state index contributed by atoms with van der Waals surface area (Å²) >= 11 is 0. The second-order valence-electron chi connectivity index (χ2n) is 16.8. The molecule has 3 nitrogen and oxygen atoms in total. The van der Waals surface area contributed by atoms with Crippen LogP contribution in [-0.2, 0) is 5.41 Å². The van der Waals surface area contributed by atoms with Gasteiger partial charge in [0.15, 0.2) is 17.5 Å². The smallest absolute Gasteiger partial charge is 0.164 e. The summed E-state index contributed by atoms with van der Waals surface area (Å²) in [5, 5.41) is 1.48. The summed E-state index contributed by atoms with van der Waals surface area (Å²) in [6, 6.07) is 70.4. The molecule has 0 fully saturated rings. The van der Waals surface area contributed by atoms with Crippen molar-refractivity contribution in [1.29, 1.82) is 0 Å². The molecular weight excluding hydrogens is 731 g/mol. The molecule has 0 N–H and O–H groups in total. The topological polar surface area (TPSA) is 38.7 Å². The van der Waals surface area contributed by atoms with Gasteiger partial charge in [0.25, 0.3) is 0 Å². The fourth-order valence-electron chi connectivity index (χ4n) is 9.44. The molecule has 0 aliphatic heterocycles. The zero-order chi connectivity index (χ0) is 39.7. The van der Waals surface area contributed by atoms with Crippen molar-refractivity contribution in [2.75, 3.05) is 0 Å². The zero-order valence-electron chi connectivity index (χ0n) is 33.3. The van der Waals surface area contributed by atoms with E-state index in [0.717, 1.165) is 38.9 Å². The van der Waals surface area contributed by atoms with Crippen LogP contribution in [0.15, 0.2) is 194 Å². The van der Waals surface area contributed by atoms with Gasteiger partial charge in [-0.25, -0.2) is 15.0 Å². The van der Waals surface area contributed by atoms with Crippen molar-refractivity contribution in [3.8, 4) is 78.7 Å². The summed E-state index contributed by atoms with van der Waals surface area (Å²) in [7, 11) is -1.62. The monoisotopic (exact) mass is 771 g/mol. The molecule has 59 heavy (non-hydrogen) atoms. The van der Waals surface area contributed by atoms with E-state index in [1.807, 2.05) is 24.3 Å². The van der Waals surface area contributed by atoms with Crippen molar-refractivity contribution in [1.82, 2.24) is 15.0 Å². The predicted octanol–water partition coefficient (Wildman–Crippen LogP) is 13.1. The summed E-state index contributed by atoms with van der Waals surface area (Å²) in [6.45, 7) is 7.35. The molecule has 0 radical (unpaired) electrons. The van der Waals surface area contributed by atoms with E-state index < -0.39 is 13.5 Å². The molecule has 0 amide bonds. The highest BCUT2D eigenvalue weighted by Gasteiger charge is 2.52. The van der Waals surface area contributed by atoms with E-state index in [0.29, 0.717) is 17.5 Å². The van der Waals surface area contributed by atoms with Crippen LogP contribution in [0.4, 0.5) is 0 Å². The van der Waals surface area contributed by atoms with E-state index in [2.05, 4.69) is 189 Å². The molecule has 280 valence electrons. The molecule has 9 aromatic rings. The fraction of sp³-hybridized carbons (Fsp3) is 0.0727. The average Bonchev–Trinajstić information content (AvgIpc) is 3.76. The van der Waals surface area contributed by atoms with Crippen LogP contribution in [0, 0.1) is 0 Å². The Hall–Kier alpha value is -7.01. The lowest BCUT2D eigenvalue weighted by Crippen LogP contribution is -2.38. The molecule has 0 saturated carbocycles. The fourth-order valence-corrected chi connectivity index (χ4v) is 10.6. The van der Waals surface area contributed by atoms with Crippen molar-refractivity contribution >= 4 is 13.3 Å². The normalized spacial score (nSPS) is 13.1. The molecule has 0 atom stereocenters. The number of benzene rings is 8. The molecule has 0 unspecified atom stereocenters. The molecule has 8 aromatic carbocycles. The van der Waals surface area contributed by atoms with E-state index in [1.165, 1.54) is 49.7 Å². The largest absolute Gasteiger partial charge is 0.208 e. The van der Waals surface area contributed by atoms with Crippen molar-refractivity contribution in [3.63, 3.8) is 0 Å². The van der Waals surface area contributed by atoms with Gasteiger partial charge in [0.05, 0.1) is 13.5 Å². The lowest BCUT2D eigenvalue weighted by Gasteiger charge is -2.31. The van der Waals surface area contributed by atoms with E-state index in [-0.39, 0.29) is 0 Å². The quantitative estimate of drug-likeness (QED) is 0.158. The van der Waals surface area contributed by atoms with Crippen LogP contribution < -0.4 is 5.19 Å². The van der Waals surface area contributed by atoms with Gasteiger partial charge in [-0.2, -0.15) is 0 Å². The molecule has 0 bridgehead atoms. The number of nitrogens with zero attached hydrogens (tertiary/aromatic N) is 3. The third kappa shape index (κ3) is 5.66. The highest BCUT2D eigenvalue weighted by atomic mass is 28.3. The first kappa shape index (κ1) is 35.2. The first-order chi connectivity index (χ1) is 28.9. The number of hydrogen-bond acceptors (Lipinski definition) is 3. The van der Waals surface area contributed by atoms with E-state index in [4.69, 9.17) is 15.0 Å². The number of hydrogen-bond donors (Lipinski definition) is 0. The van der Waals surface area contributed by atoms with Crippen LogP contribution in [0.3, 0.4) is 0 Å². The van der Waals surface area contributed by atoms with Gasteiger partial charge in [-0.15, -0.1) is 0 Å². The van der Waals surface area contributed by atoms with E-state index in [1.54, 1.807) is 0 Å². The van der Waals surface area contributed by atoms with Crippen LogP contribution >= 0.6 is 0 Å². The predicted molar refractivity (Wildman–Crippen MR) is 246 cm³/mol. The Labute approximate surface area is 346 Å². The minimum absolute atomic E-state index is 0.414.